The lowest BCUT2D eigenvalue weighted by atomic mass is 10.1. The Kier molecular flexibility index (Phi) is 5.63. The molecule has 1 aromatic heterocycles. The molecule has 0 aliphatic heterocycles. The average molecular weight is 365 g/mol. The number of carbonyl (C=O) groups is 2. The molecule has 1 heterocycles. The van der Waals surface area contributed by atoms with Gasteiger partial charge in [-0.1, -0.05) is 36.9 Å². The number of anilines is 1. The SMILES string of the molecule is CCc1nc(SCC(=O)c2ccc(NC(C)=O)cc2)c2ccccc2n1. The quantitative estimate of drug-likeness (QED) is 0.404. The molecule has 0 atom stereocenters. The van der Waals surface area contributed by atoms with Gasteiger partial charge in [0.05, 0.1) is 11.3 Å². The van der Waals surface area contributed by atoms with E-state index in [0.717, 1.165) is 28.2 Å². The largest absolute Gasteiger partial charge is 0.326 e. The number of aromatic nitrogens is 2. The highest BCUT2D eigenvalue weighted by Crippen LogP contribution is 2.26. The number of rotatable bonds is 6. The fourth-order valence-electron chi connectivity index (χ4n) is 2.52. The maximum absolute atomic E-state index is 12.5. The smallest absolute Gasteiger partial charge is 0.221 e. The molecular weight excluding hydrogens is 346 g/mol. The minimum atomic E-state index is -0.137. The van der Waals surface area contributed by atoms with E-state index in [0.29, 0.717) is 17.0 Å². The first-order valence-corrected chi connectivity index (χ1v) is 9.34. The van der Waals surface area contributed by atoms with E-state index < -0.39 is 0 Å². The van der Waals surface area contributed by atoms with E-state index >= 15 is 0 Å². The minimum Gasteiger partial charge on any atom is -0.326 e. The standard InChI is InChI=1S/C20H19N3O2S/c1-3-19-22-17-7-5-4-6-16(17)20(23-19)26-12-18(25)14-8-10-15(11-9-14)21-13(2)24/h4-11H,3,12H2,1-2H3,(H,21,24). The Labute approximate surface area is 156 Å². The van der Waals surface area contributed by atoms with E-state index in [1.54, 1.807) is 24.3 Å². The molecule has 0 aliphatic carbocycles. The number of nitrogens with zero attached hydrogens (tertiary/aromatic N) is 2. The number of amides is 1. The number of hydrogen-bond acceptors (Lipinski definition) is 5. The van der Waals surface area contributed by atoms with Crippen LogP contribution in [0, 0.1) is 0 Å². The van der Waals surface area contributed by atoms with Crippen molar-refractivity contribution in [3.8, 4) is 0 Å². The summed E-state index contributed by atoms with van der Waals surface area (Å²) < 4.78 is 0. The van der Waals surface area contributed by atoms with E-state index in [1.807, 2.05) is 31.2 Å². The number of Topliss-reactive ketones (excluding diaryl/α,β-unsaturated/α-hetero) is 1. The fourth-order valence-corrected chi connectivity index (χ4v) is 3.45. The molecule has 132 valence electrons. The highest BCUT2D eigenvalue weighted by Gasteiger charge is 2.11. The zero-order valence-electron chi connectivity index (χ0n) is 14.7. The van der Waals surface area contributed by atoms with Gasteiger partial charge in [0.15, 0.2) is 5.78 Å². The summed E-state index contributed by atoms with van der Waals surface area (Å²) in [6.07, 6.45) is 0.747. The van der Waals surface area contributed by atoms with Gasteiger partial charge in [0, 0.05) is 30.0 Å². The zero-order chi connectivity index (χ0) is 18.5. The maximum atomic E-state index is 12.5. The molecule has 3 aromatic rings. The number of para-hydroxylation sites is 1. The molecule has 0 saturated carbocycles. The third-order valence-electron chi connectivity index (χ3n) is 3.80. The third kappa shape index (κ3) is 4.26. The first-order chi connectivity index (χ1) is 12.6. The van der Waals surface area contributed by atoms with Crippen LogP contribution in [0.2, 0.25) is 0 Å². The van der Waals surface area contributed by atoms with Gasteiger partial charge in [0.2, 0.25) is 5.91 Å². The molecule has 0 unspecified atom stereocenters. The first-order valence-electron chi connectivity index (χ1n) is 8.36. The molecule has 5 nitrogen and oxygen atoms in total. The number of thioether (sulfide) groups is 1. The Hall–Kier alpha value is -2.73. The Bertz CT molecular complexity index is 955. The maximum Gasteiger partial charge on any atom is 0.221 e. The molecule has 2 aromatic carbocycles. The number of fused-ring (bicyclic) bond motifs is 1. The van der Waals surface area contributed by atoms with Crippen molar-refractivity contribution in [3.05, 3.63) is 59.9 Å². The summed E-state index contributed by atoms with van der Waals surface area (Å²) in [4.78, 5) is 32.7. The second-order valence-corrected chi connectivity index (χ2v) is 6.75. The zero-order valence-corrected chi connectivity index (χ0v) is 15.5. The highest BCUT2D eigenvalue weighted by molar-refractivity contribution is 8.00. The normalized spacial score (nSPS) is 10.7. The van der Waals surface area contributed by atoms with Crippen molar-refractivity contribution in [1.29, 1.82) is 0 Å². The lowest BCUT2D eigenvalue weighted by molar-refractivity contribution is -0.114. The topological polar surface area (TPSA) is 72.0 Å². The molecule has 6 heteroatoms. The average Bonchev–Trinajstić information content (AvgIpc) is 2.65. The lowest BCUT2D eigenvalue weighted by Crippen LogP contribution is -2.07. The number of hydrogen-bond donors (Lipinski definition) is 1. The van der Waals surface area contributed by atoms with E-state index in [2.05, 4.69) is 15.3 Å². The summed E-state index contributed by atoms with van der Waals surface area (Å²) >= 11 is 1.43. The van der Waals surface area contributed by atoms with Crippen LogP contribution in [0.3, 0.4) is 0 Å². The number of aryl methyl sites for hydroxylation is 1. The molecular formula is C20H19N3O2S. The van der Waals surface area contributed by atoms with Crippen LogP contribution in [0.15, 0.2) is 53.6 Å². The van der Waals surface area contributed by atoms with E-state index in [1.165, 1.54) is 18.7 Å². The van der Waals surface area contributed by atoms with Gasteiger partial charge in [-0.3, -0.25) is 9.59 Å². The predicted octanol–water partition coefficient (Wildman–Crippen LogP) is 4.13. The van der Waals surface area contributed by atoms with Gasteiger partial charge < -0.3 is 5.32 Å². The monoisotopic (exact) mass is 365 g/mol. The molecule has 26 heavy (non-hydrogen) atoms. The van der Waals surface area contributed by atoms with Crippen LogP contribution in [-0.2, 0) is 11.2 Å². The van der Waals surface area contributed by atoms with E-state index in [4.69, 9.17) is 0 Å². The van der Waals surface area contributed by atoms with Crippen LogP contribution in [0.1, 0.15) is 30.0 Å². The number of carbonyl (C=O) groups excluding carboxylic acids is 2. The fraction of sp³-hybridized carbons (Fsp3) is 0.200. The molecule has 0 saturated heterocycles. The Balaban J connectivity index is 1.75. The Morgan fingerprint density at radius 2 is 1.77 bits per heavy atom. The summed E-state index contributed by atoms with van der Waals surface area (Å²) in [5, 5.41) is 4.48. The Morgan fingerprint density at radius 1 is 1.04 bits per heavy atom. The van der Waals surface area contributed by atoms with Crippen LogP contribution in [0.25, 0.3) is 10.9 Å². The second kappa shape index (κ2) is 8.10. The van der Waals surface area contributed by atoms with Gasteiger partial charge in [0.25, 0.3) is 0 Å². The molecule has 3 rings (SSSR count). The summed E-state index contributed by atoms with van der Waals surface area (Å²) in [6.45, 7) is 3.46. The summed E-state index contributed by atoms with van der Waals surface area (Å²) in [6, 6.07) is 14.7. The van der Waals surface area contributed by atoms with Crippen molar-refractivity contribution in [2.45, 2.75) is 25.3 Å². The highest BCUT2D eigenvalue weighted by atomic mass is 32.2. The van der Waals surface area contributed by atoms with Crippen molar-refractivity contribution in [3.63, 3.8) is 0 Å². The second-order valence-electron chi connectivity index (χ2n) is 5.79. The van der Waals surface area contributed by atoms with Gasteiger partial charge in [-0.25, -0.2) is 9.97 Å². The van der Waals surface area contributed by atoms with E-state index in [-0.39, 0.29) is 11.7 Å². The molecule has 0 aliphatic rings. The van der Waals surface area contributed by atoms with Crippen molar-refractivity contribution in [1.82, 2.24) is 9.97 Å². The predicted molar refractivity (Wildman–Crippen MR) is 105 cm³/mol. The van der Waals surface area contributed by atoms with Gasteiger partial charge in [-0.2, -0.15) is 0 Å². The van der Waals surface area contributed by atoms with Crippen LogP contribution in [0.5, 0.6) is 0 Å². The summed E-state index contributed by atoms with van der Waals surface area (Å²) in [5.74, 6) is 0.953. The van der Waals surface area contributed by atoms with Gasteiger partial charge in [-0.15, -0.1) is 0 Å². The van der Waals surface area contributed by atoms with Crippen molar-refractivity contribution >= 4 is 40.0 Å². The van der Waals surface area contributed by atoms with Gasteiger partial charge in [-0.05, 0) is 30.3 Å². The number of ketones is 1. The van der Waals surface area contributed by atoms with Crippen LogP contribution >= 0.6 is 11.8 Å². The molecule has 0 bridgehead atoms. The van der Waals surface area contributed by atoms with Crippen molar-refractivity contribution in [2.75, 3.05) is 11.1 Å². The number of nitrogens with one attached hydrogen (secondary N) is 1. The minimum absolute atomic E-state index is 0.0186. The lowest BCUT2D eigenvalue weighted by Gasteiger charge is -2.08. The van der Waals surface area contributed by atoms with Crippen molar-refractivity contribution in [2.24, 2.45) is 0 Å². The van der Waals surface area contributed by atoms with Crippen molar-refractivity contribution < 1.29 is 9.59 Å². The van der Waals surface area contributed by atoms with E-state index in [9.17, 15) is 9.59 Å². The molecule has 1 N–H and O–H groups in total. The first kappa shape index (κ1) is 18.1. The Morgan fingerprint density at radius 3 is 2.46 bits per heavy atom. The molecule has 0 radical (unpaired) electrons. The number of benzene rings is 2. The van der Waals surface area contributed by atoms with Crippen LogP contribution < -0.4 is 5.32 Å². The molecule has 0 fully saturated rings. The summed E-state index contributed by atoms with van der Waals surface area (Å²) in [7, 11) is 0. The van der Waals surface area contributed by atoms with Crippen LogP contribution in [-0.4, -0.2) is 27.4 Å². The summed E-state index contributed by atoms with van der Waals surface area (Å²) in [5.41, 5.74) is 2.19. The van der Waals surface area contributed by atoms with Gasteiger partial charge in [0.1, 0.15) is 10.9 Å². The van der Waals surface area contributed by atoms with Gasteiger partial charge >= 0.3 is 0 Å². The molecule has 0 spiro atoms. The third-order valence-corrected chi connectivity index (χ3v) is 4.79. The van der Waals surface area contributed by atoms with Crippen LogP contribution in [0.4, 0.5) is 5.69 Å². The molecule has 1 amide bonds.